The number of hydrogen-bond acceptors (Lipinski definition) is 5. The van der Waals surface area contributed by atoms with E-state index in [2.05, 4.69) is 4.98 Å². The van der Waals surface area contributed by atoms with Gasteiger partial charge in [0.15, 0.2) is 0 Å². The number of sulfonamides is 1. The number of fused-ring (bicyclic) bond motifs is 1. The van der Waals surface area contributed by atoms with Gasteiger partial charge in [-0.15, -0.1) is 0 Å². The van der Waals surface area contributed by atoms with Crippen molar-refractivity contribution in [3.8, 4) is 0 Å². The van der Waals surface area contributed by atoms with Gasteiger partial charge in [0.05, 0.1) is 4.90 Å². The van der Waals surface area contributed by atoms with Crippen molar-refractivity contribution in [3.05, 3.63) is 36.7 Å². The van der Waals surface area contributed by atoms with Crippen LogP contribution >= 0.6 is 0 Å². The van der Waals surface area contributed by atoms with Crippen LogP contribution in [-0.4, -0.2) is 48.9 Å². The van der Waals surface area contributed by atoms with Gasteiger partial charge in [0.1, 0.15) is 0 Å². The van der Waals surface area contributed by atoms with E-state index in [1.807, 2.05) is 13.1 Å². The lowest BCUT2D eigenvalue weighted by molar-refractivity contribution is 0.171. The van der Waals surface area contributed by atoms with Gasteiger partial charge in [0.2, 0.25) is 10.0 Å². The number of pyridine rings is 1. The second kappa shape index (κ2) is 5.92. The summed E-state index contributed by atoms with van der Waals surface area (Å²) in [4.78, 5) is 4.40. The number of nitrogens with two attached hydrogens (primary N) is 1. The molecule has 0 bridgehead atoms. The fourth-order valence-electron chi connectivity index (χ4n) is 2.95. The van der Waals surface area contributed by atoms with Crippen molar-refractivity contribution >= 4 is 20.8 Å². The van der Waals surface area contributed by atoms with E-state index < -0.39 is 10.0 Å². The monoisotopic (exact) mass is 320 g/mol. The average Bonchev–Trinajstić information content (AvgIpc) is 2.54. The molecular weight excluding hydrogens is 300 g/mol. The van der Waals surface area contributed by atoms with Crippen LogP contribution in [0.15, 0.2) is 41.6 Å². The fourth-order valence-corrected chi connectivity index (χ4v) is 4.63. The fraction of sp³-hybridized carbons (Fsp3) is 0.400. The Kier molecular flexibility index (Phi) is 4.14. The first kappa shape index (κ1) is 15.4. The first-order valence-electron chi connectivity index (χ1n) is 7.30. The lowest BCUT2D eigenvalue weighted by atomic mass is 10.1. The number of aromatic nitrogens is 1. The SMILES string of the molecule is CN(N)C1CCN(S(=O)(=O)c2cccc3cnccc23)CC1. The van der Waals surface area contributed by atoms with Gasteiger partial charge in [0, 0.05) is 49.3 Å². The minimum atomic E-state index is -3.49. The molecule has 0 atom stereocenters. The van der Waals surface area contributed by atoms with Crippen molar-refractivity contribution < 1.29 is 8.42 Å². The summed E-state index contributed by atoms with van der Waals surface area (Å²) in [6.07, 6.45) is 4.80. The van der Waals surface area contributed by atoms with Crippen LogP contribution < -0.4 is 5.84 Å². The predicted octanol–water partition coefficient (Wildman–Crippen LogP) is 1.19. The minimum Gasteiger partial charge on any atom is -0.269 e. The quantitative estimate of drug-likeness (QED) is 0.679. The molecule has 1 aromatic carbocycles. The van der Waals surface area contributed by atoms with Gasteiger partial charge < -0.3 is 0 Å². The summed E-state index contributed by atoms with van der Waals surface area (Å²) < 4.78 is 27.4. The number of rotatable bonds is 3. The molecular formula is C15H20N4O2S. The molecule has 1 aliphatic heterocycles. The van der Waals surface area contributed by atoms with E-state index in [1.165, 1.54) is 0 Å². The lowest BCUT2D eigenvalue weighted by Gasteiger charge is -2.34. The van der Waals surface area contributed by atoms with Gasteiger partial charge in [-0.05, 0) is 25.0 Å². The van der Waals surface area contributed by atoms with Crippen LogP contribution in [0.25, 0.3) is 10.8 Å². The van der Waals surface area contributed by atoms with Gasteiger partial charge in [-0.25, -0.2) is 13.4 Å². The second-order valence-corrected chi connectivity index (χ2v) is 7.56. The van der Waals surface area contributed by atoms with Crippen molar-refractivity contribution in [2.75, 3.05) is 20.1 Å². The summed E-state index contributed by atoms with van der Waals surface area (Å²) in [7, 11) is -1.67. The van der Waals surface area contributed by atoms with E-state index in [0.717, 1.165) is 23.6 Å². The van der Waals surface area contributed by atoms with Crippen LogP contribution in [0.4, 0.5) is 0 Å². The van der Waals surface area contributed by atoms with Gasteiger partial charge >= 0.3 is 0 Å². The molecule has 3 rings (SSSR count). The standard InChI is InChI=1S/C15H20N4O2S/c1-18(16)13-6-9-19(10-7-13)22(20,21)15-4-2-3-12-11-17-8-5-14(12)15/h2-5,8,11,13H,6-7,9-10,16H2,1H3. The minimum absolute atomic E-state index is 0.239. The largest absolute Gasteiger partial charge is 0.269 e. The van der Waals surface area contributed by atoms with Crippen LogP contribution in [0.2, 0.25) is 0 Å². The zero-order valence-corrected chi connectivity index (χ0v) is 13.3. The Morgan fingerprint density at radius 2 is 2.00 bits per heavy atom. The molecule has 22 heavy (non-hydrogen) atoms. The zero-order valence-electron chi connectivity index (χ0n) is 12.5. The number of benzene rings is 1. The molecule has 1 fully saturated rings. The third-order valence-corrected chi connectivity index (χ3v) is 6.21. The highest BCUT2D eigenvalue weighted by Gasteiger charge is 2.31. The Labute approximate surface area is 130 Å². The summed E-state index contributed by atoms with van der Waals surface area (Å²) in [5.74, 6) is 5.77. The highest BCUT2D eigenvalue weighted by Crippen LogP contribution is 2.27. The molecule has 118 valence electrons. The van der Waals surface area contributed by atoms with Crippen LogP contribution in [0.3, 0.4) is 0 Å². The molecule has 2 aromatic rings. The Morgan fingerprint density at radius 3 is 2.68 bits per heavy atom. The smallest absolute Gasteiger partial charge is 0.243 e. The third kappa shape index (κ3) is 2.72. The molecule has 0 radical (unpaired) electrons. The van der Waals surface area contributed by atoms with Crippen molar-refractivity contribution in [1.82, 2.24) is 14.3 Å². The molecule has 0 amide bonds. The first-order chi connectivity index (χ1) is 10.5. The molecule has 2 N–H and O–H groups in total. The van der Waals surface area contributed by atoms with Crippen LogP contribution in [0, 0.1) is 0 Å². The van der Waals surface area contributed by atoms with Gasteiger partial charge in [0.25, 0.3) is 0 Å². The maximum atomic E-state index is 12.9. The van der Waals surface area contributed by atoms with E-state index >= 15 is 0 Å². The summed E-state index contributed by atoms with van der Waals surface area (Å²) in [5, 5.41) is 3.23. The van der Waals surface area contributed by atoms with Gasteiger partial charge in [-0.3, -0.25) is 10.8 Å². The number of hydrazine groups is 1. The van der Waals surface area contributed by atoms with Crippen LogP contribution in [0.5, 0.6) is 0 Å². The second-order valence-electron chi connectivity index (χ2n) is 5.65. The van der Waals surface area contributed by atoms with Gasteiger partial charge in [-0.1, -0.05) is 12.1 Å². The molecule has 1 saturated heterocycles. The summed E-state index contributed by atoms with van der Waals surface area (Å²) >= 11 is 0. The molecule has 2 heterocycles. The normalized spacial score (nSPS) is 18.1. The lowest BCUT2D eigenvalue weighted by Crippen LogP contribution is -2.47. The van der Waals surface area contributed by atoms with E-state index in [4.69, 9.17) is 5.84 Å². The molecule has 1 aromatic heterocycles. The average molecular weight is 320 g/mol. The molecule has 0 aliphatic carbocycles. The summed E-state index contributed by atoms with van der Waals surface area (Å²) in [6.45, 7) is 0.992. The number of hydrogen-bond donors (Lipinski definition) is 1. The molecule has 6 nitrogen and oxygen atoms in total. The molecule has 0 saturated carbocycles. The Hall–Kier alpha value is -1.54. The Bertz CT molecular complexity index is 763. The Balaban J connectivity index is 1.93. The number of nitrogens with zero attached hydrogens (tertiary/aromatic N) is 3. The molecule has 0 spiro atoms. The van der Waals surface area contributed by atoms with Crippen molar-refractivity contribution in [2.45, 2.75) is 23.8 Å². The van der Waals surface area contributed by atoms with Crippen molar-refractivity contribution in [2.24, 2.45) is 5.84 Å². The van der Waals surface area contributed by atoms with Crippen molar-refractivity contribution in [1.29, 1.82) is 0 Å². The van der Waals surface area contributed by atoms with Crippen LogP contribution in [-0.2, 0) is 10.0 Å². The van der Waals surface area contributed by atoms with E-state index in [9.17, 15) is 8.42 Å². The first-order valence-corrected chi connectivity index (χ1v) is 8.74. The molecule has 0 unspecified atom stereocenters. The topological polar surface area (TPSA) is 79.5 Å². The maximum absolute atomic E-state index is 12.9. The van der Waals surface area contributed by atoms with E-state index in [0.29, 0.717) is 18.0 Å². The predicted molar refractivity (Wildman–Crippen MR) is 85.5 cm³/mol. The van der Waals surface area contributed by atoms with E-state index in [-0.39, 0.29) is 6.04 Å². The molecule has 7 heteroatoms. The summed E-state index contributed by atoms with van der Waals surface area (Å²) in [6, 6.07) is 7.29. The third-order valence-electron chi connectivity index (χ3n) is 4.26. The van der Waals surface area contributed by atoms with Crippen molar-refractivity contribution in [3.63, 3.8) is 0 Å². The highest BCUT2D eigenvalue weighted by atomic mass is 32.2. The zero-order chi connectivity index (χ0) is 15.7. The Morgan fingerprint density at radius 1 is 1.27 bits per heavy atom. The van der Waals surface area contributed by atoms with Crippen LogP contribution in [0.1, 0.15) is 12.8 Å². The van der Waals surface area contributed by atoms with Gasteiger partial charge in [-0.2, -0.15) is 4.31 Å². The number of piperidine rings is 1. The molecule has 1 aliphatic rings. The van der Waals surface area contributed by atoms with E-state index in [1.54, 1.807) is 39.9 Å². The summed E-state index contributed by atoms with van der Waals surface area (Å²) in [5.41, 5.74) is 0. The highest BCUT2D eigenvalue weighted by molar-refractivity contribution is 7.89. The maximum Gasteiger partial charge on any atom is 0.243 e.